The quantitative estimate of drug-likeness (QED) is 0.639. The Morgan fingerprint density at radius 3 is 2.83 bits per heavy atom. The molecule has 1 heterocycles. The van der Waals surface area contributed by atoms with E-state index in [0.717, 1.165) is 11.3 Å². The van der Waals surface area contributed by atoms with Gasteiger partial charge in [-0.2, -0.15) is 11.8 Å². The number of para-hydroxylation sites is 1. The molecule has 0 fully saturated rings. The first-order valence-corrected chi connectivity index (χ1v) is 8.77. The molecule has 1 aromatic rings. The lowest BCUT2D eigenvalue weighted by molar-refractivity contribution is -0.139. The Kier molecular flexibility index (Phi) is 6.10. The van der Waals surface area contributed by atoms with Gasteiger partial charge in [0.2, 0.25) is 5.91 Å². The van der Waals surface area contributed by atoms with Crippen LogP contribution in [0.5, 0.6) is 5.75 Å². The van der Waals surface area contributed by atoms with Crippen molar-refractivity contribution in [1.82, 2.24) is 5.32 Å². The van der Waals surface area contributed by atoms with E-state index in [1.54, 1.807) is 25.8 Å². The van der Waals surface area contributed by atoms with E-state index in [4.69, 9.17) is 9.47 Å². The third-order valence-corrected chi connectivity index (χ3v) is 4.30. The van der Waals surface area contributed by atoms with Crippen molar-refractivity contribution in [2.45, 2.75) is 19.3 Å². The molecule has 1 aliphatic rings. The zero-order valence-corrected chi connectivity index (χ0v) is 14.4. The Hall–Kier alpha value is -1.95. The molecule has 6 heteroatoms. The predicted molar refractivity (Wildman–Crippen MR) is 90.5 cm³/mol. The molecule has 124 valence electrons. The summed E-state index contributed by atoms with van der Waals surface area (Å²) in [4.78, 5) is 24.4. The first-order valence-electron chi connectivity index (χ1n) is 7.38. The summed E-state index contributed by atoms with van der Waals surface area (Å²) < 4.78 is 10.7. The van der Waals surface area contributed by atoms with Crippen molar-refractivity contribution in [3.05, 3.63) is 41.1 Å². The number of allylic oxidation sites excluding steroid dienone is 1. The van der Waals surface area contributed by atoms with E-state index >= 15 is 0 Å². The van der Waals surface area contributed by atoms with Crippen molar-refractivity contribution in [2.24, 2.45) is 0 Å². The van der Waals surface area contributed by atoms with E-state index in [2.05, 4.69) is 5.32 Å². The van der Waals surface area contributed by atoms with Crippen molar-refractivity contribution in [3.8, 4) is 5.75 Å². The number of rotatable bonds is 6. The van der Waals surface area contributed by atoms with Gasteiger partial charge in [-0.1, -0.05) is 18.2 Å². The second-order valence-corrected chi connectivity index (χ2v) is 6.20. The number of hydrogen-bond acceptors (Lipinski definition) is 5. The Balaban J connectivity index is 2.36. The molecule has 0 unspecified atom stereocenters. The van der Waals surface area contributed by atoms with Crippen LogP contribution in [-0.4, -0.2) is 37.6 Å². The first-order chi connectivity index (χ1) is 11.1. The summed E-state index contributed by atoms with van der Waals surface area (Å²) in [5.74, 6) is 0.548. The van der Waals surface area contributed by atoms with Gasteiger partial charge in [-0.15, -0.1) is 0 Å². The predicted octanol–water partition coefficient (Wildman–Crippen LogP) is 2.48. The van der Waals surface area contributed by atoms with Crippen molar-refractivity contribution >= 4 is 23.6 Å². The molecule has 5 nitrogen and oxygen atoms in total. The Labute approximate surface area is 140 Å². The summed E-state index contributed by atoms with van der Waals surface area (Å²) in [5, 5.41) is 2.73. The number of benzene rings is 1. The van der Waals surface area contributed by atoms with E-state index in [1.165, 1.54) is 0 Å². The number of amides is 1. The second-order valence-electron chi connectivity index (χ2n) is 5.21. The second kappa shape index (κ2) is 8.06. The molecule has 0 aliphatic carbocycles. The maximum absolute atomic E-state index is 12.5. The minimum absolute atomic E-state index is 0.112. The molecule has 23 heavy (non-hydrogen) atoms. The number of carbonyl (C=O) groups is 2. The molecule has 0 spiro atoms. The van der Waals surface area contributed by atoms with Crippen LogP contribution in [0, 0.1) is 0 Å². The monoisotopic (exact) mass is 335 g/mol. The minimum atomic E-state index is -0.382. The zero-order valence-electron chi connectivity index (χ0n) is 13.5. The average molecular weight is 335 g/mol. The van der Waals surface area contributed by atoms with Crippen LogP contribution in [0.1, 0.15) is 24.8 Å². The van der Waals surface area contributed by atoms with Crippen LogP contribution in [0.4, 0.5) is 0 Å². The largest absolute Gasteiger partial charge is 0.496 e. The average Bonchev–Trinajstić information content (AvgIpc) is 2.54. The number of methoxy groups -OCH3 is 1. The fourth-order valence-electron chi connectivity index (χ4n) is 2.69. The fraction of sp³-hybridized carbons (Fsp3) is 0.412. The van der Waals surface area contributed by atoms with Crippen molar-refractivity contribution < 1.29 is 19.1 Å². The Morgan fingerprint density at radius 1 is 1.39 bits per heavy atom. The third-order valence-electron chi connectivity index (χ3n) is 3.72. The molecule has 1 atom stereocenters. The smallest absolute Gasteiger partial charge is 0.336 e. The number of thioether (sulfide) groups is 1. The van der Waals surface area contributed by atoms with Crippen LogP contribution >= 0.6 is 11.8 Å². The lowest BCUT2D eigenvalue weighted by Crippen LogP contribution is -2.34. The van der Waals surface area contributed by atoms with Gasteiger partial charge < -0.3 is 14.8 Å². The van der Waals surface area contributed by atoms with E-state index in [9.17, 15) is 9.59 Å². The normalized spacial score (nSPS) is 17.7. The van der Waals surface area contributed by atoms with Gasteiger partial charge in [0.25, 0.3) is 0 Å². The fourth-order valence-corrected chi connectivity index (χ4v) is 2.94. The van der Waals surface area contributed by atoms with Crippen LogP contribution in [0.3, 0.4) is 0 Å². The zero-order chi connectivity index (χ0) is 16.8. The number of hydrogen-bond donors (Lipinski definition) is 1. The lowest BCUT2D eigenvalue weighted by atomic mass is 9.84. The molecule has 1 aromatic carbocycles. The summed E-state index contributed by atoms with van der Waals surface area (Å²) >= 11 is 1.61. The molecule has 0 saturated carbocycles. The van der Waals surface area contributed by atoms with Gasteiger partial charge in [-0.3, -0.25) is 4.79 Å². The highest BCUT2D eigenvalue weighted by Crippen LogP contribution is 2.38. The van der Waals surface area contributed by atoms with Gasteiger partial charge in [-0.25, -0.2) is 4.79 Å². The number of ether oxygens (including phenoxy) is 2. The van der Waals surface area contributed by atoms with Gasteiger partial charge in [0.1, 0.15) is 12.4 Å². The lowest BCUT2D eigenvalue weighted by Gasteiger charge is -2.27. The highest BCUT2D eigenvalue weighted by molar-refractivity contribution is 7.98. The Bertz CT molecular complexity index is 627. The van der Waals surface area contributed by atoms with E-state index in [0.29, 0.717) is 23.6 Å². The molecule has 2 rings (SSSR count). The van der Waals surface area contributed by atoms with Crippen molar-refractivity contribution in [2.75, 3.05) is 25.7 Å². The molecule has 0 radical (unpaired) electrons. The van der Waals surface area contributed by atoms with Crippen LogP contribution in [-0.2, 0) is 14.3 Å². The van der Waals surface area contributed by atoms with Gasteiger partial charge in [-0.05, 0) is 19.2 Å². The molecule has 0 bridgehead atoms. The van der Waals surface area contributed by atoms with E-state index in [1.807, 2.05) is 30.5 Å². The van der Waals surface area contributed by atoms with E-state index < -0.39 is 0 Å². The van der Waals surface area contributed by atoms with E-state index in [-0.39, 0.29) is 24.2 Å². The maximum Gasteiger partial charge on any atom is 0.336 e. The number of carbonyl (C=O) groups excluding carboxylic acids is 2. The highest BCUT2D eigenvalue weighted by Gasteiger charge is 2.34. The first kappa shape index (κ1) is 17.4. The number of nitrogens with one attached hydrogen (secondary N) is 1. The third kappa shape index (κ3) is 4.07. The minimum Gasteiger partial charge on any atom is -0.496 e. The van der Waals surface area contributed by atoms with Crippen molar-refractivity contribution in [3.63, 3.8) is 0 Å². The van der Waals surface area contributed by atoms with Gasteiger partial charge in [0, 0.05) is 29.4 Å². The summed E-state index contributed by atoms with van der Waals surface area (Å²) in [6.45, 7) is 2.08. The van der Waals surface area contributed by atoms with Crippen LogP contribution < -0.4 is 10.1 Å². The SMILES string of the molecule is COc1ccccc1[C@H]1CC(=O)NC(C)=C1C(=O)OCCSC. The topological polar surface area (TPSA) is 64.6 Å². The molecule has 1 N–H and O–H groups in total. The number of esters is 1. The highest BCUT2D eigenvalue weighted by atomic mass is 32.2. The van der Waals surface area contributed by atoms with Crippen LogP contribution in [0.15, 0.2) is 35.5 Å². The summed E-state index contributed by atoms with van der Waals surface area (Å²) in [5.41, 5.74) is 1.86. The molecule has 0 aromatic heterocycles. The molecular weight excluding hydrogens is 314 g/mol. The molecule has 1 aliphatic heterocycles. The standard InChI is InChI=1S/C17H21NO4S/c1-11-16(17(20)22-8-9-23-3)13(10-15(19)18-11)12-6-4-5-7-14(12)21-2/h4-7,13H,8-10H2,1-3H3,(H,18,19)/t13-/m1/s1. The van der Waals surface area contributed by atoms with Crippen LogP contribution in [0.2, 0.25) is 0 Å². The van der Waals surface area contributed by atoms with Gasteiger partial charge in [0.05, 0.1) is 12.7 Å². The molecule has 1 amide bonds. The maximum atomic E-state index is 12.5. The summed E-state index contributed by atoms with van der Waals surface area (Å²) in [6.07, 6.45) is 2.15. The Morgan fingerprint density at radius 2 is 2.13 bits per heavy atom. The molecular formula is C17H21NO4S. The summed E-state index contributed by atoms with van der Waals surface area (Å²) in [7, 11) is 1.58. The van der Waals surface area contributed by atoms with Crippen molar-refractivity contribution in [1.29, 1.82) is 0 Å². The summed E-state index contributed by atoms with van der Waals surface area (Å²) in [6, 6.07) is 7.44. The van der Waals surface area contributed by atoms with Gasteiger partial charge in [0.15, 0.2) is 0 Å². The molecule has 0 saturated heterocycles. The van der Waals surface area contributed by atoms with Crippen LogP contribution in [0.25, 0.3) is 0 Å². The van der Waals surface area contributed by atoms with Gasteiger partial charge >= 0.3 is 5.97 Å².